The minimum Gasteiger partial charge on any atom is -0.387 e. The zero-order valence-corrected chi connectivity index (χ0v) is 8.11. The summed E-state index contributed by atoms with van der Waals surface area (Å²) in [7, 11) is 0. The van der Waals surface area contributed by atoms with Gasteiger partial charge in [0.1, 0.15) is 0 Å². The minimum absolute atomic E-state index is 0.321. The van der Waals surface area contributed by atoms with Gasteiger partial charge in [-0.1, -0.05) is 0 Å². The van der Waals surface area contributed by atoms with Crippen molar-refractivity contribution < 1.29 is 9.36 Å². The molecule has 0 unspecified atom stereocenters. The van der Waals surface area contributed by atoms with E-state index in [0.29, 0.717) is 11.5 Å². The molecule has 0 amide bonds. The molecule has 62 valence electrons. The molecule has 0 radical (unpaired) electrons. The molecule has 1 aromatic heterocycles. The molecule has 0 atom stereocenters. The van der Waals surface area contributed by atoms with Crippen molar-refractivity contribution in [1.29, 1.82) is 0 Å². The van der Waals surface area contributed by atoms with Crippen LogP contribution in [0.2, 0.25) is 0 Å². The average molecular weight is 276 g/mol. The van der Waals surface area contributed by atoms with Crippen molar-refractivity contribution in [2.24, 2.45) is 5.90 Å². The van der Waals surface area contributed by atoms with Crippen LogP contribution >= 0.6 is 22.6 Å². The minimum atomic E-state index is 0.321. The van der Waals surface area contributed by atoms with Gasteiger partial charge in [-0.25, -0.2) is 0 Å². The first-order valence-electron chi connectivity index (χ1n) is 3.23. The van der Waals surface area contributed by atoms with Crippen LogP contribution in [0.1, 0.15) is 0 Å². The molecular weight excluding hydrogens is 271 g/mol. The number of nitrogens with two attached hydrogens (primary N) is 1. The molecule has 1 heterocycles. The van der Waals surface area contributed by atoms with E-state index in [1.54, 1.807) is 0 Å². The summed E-state index contributed by atoms with van der Waals surface area (Å²) in [5.74, 6) is 5.29. The van der Waals surface area contributed by atoms with Crippen LogP contribution in [0.4, 0.5) is 0 Å². The summed E-state index contributed by atoms with van der Waals surface area (Å²) in [6, 6.07) is 5.66. The van der Waals surface area contributed by atoms with E-state index < -0.39 is 0 Å². The molecule has 0 saturated carbocycles. The number of rotatable bonds is 1. The quantitative estimate of drug-likeness (QED) is 0.636. The van der Waals surface area contributed by atoms with E-state index in [-0.39, 0.29) is 0 Å². The SMILES string of the molecule is NOc1noc2cc(I)ccc12. The van der Waals surface area contributed by atoms with Crippen molar-refractivity contribution >= 4 is 33.6 Å². The first-order valence-corrected chi connectivity index (χ1v) is 4.31. The molecule has 0 aliphatic heterocycles. The van der Waals surface area contributed by atoms with Gasteiger partial charge in [0.2, 0.25) is 0 Å². The van der Waals surface area contributed by atoms with Gasteiger partial charge in [0.25, 0.3) is 5.88 Å². The summed E-state index contributed by atoms with van der Waals surface area (Å²) in [6.45, 7) is 0. The molecule has 5 heteroatoms. The number of hydrogen-bond acceptors (Lipinski definition) is 4. The molecule has 1 aromatic carbocycles. The van der Waals surface area contributed by atoms with Gasteiger partial charge in [-0.05, 0) is 45.9 Å². The predicted molar refractivity (Wildman–Crippen MR) is 51.5 cm³/mol. The fourth-order valence-electron chi connectivity index (χ4n) is 0.973. The van der Waals surface area contributed by atoms with Gasteiger partial charge < -0.3 is 9.36 Å². The van der Waals surface area contributed by atoms with E-state index in [1.807, 2.05) is 18.2 Å². The van der Waals surface area contributed by atoms with E-state index >= 15 is 0 Å². The van der Waals surface area contributed by atoms with Crippen LogP contribution in [-0.2, 0) is 0 Å². The zero-order chi connectivity index (χ0) is 8.55. The Hall–Kier alpha value is -0.820. The highest BCUT2D eigenvalue weighted by Crippen LogP contribution is 2.25. The third-order valence-corrected chi connectivity index (χ3v) is 2.18. The van der Waals surface area contributed by atoms with Crippen LogP contribution in [0, 0.1) is 3.57 Å². The maximum Gasteiger partial charge on any atom is 0.284 e. The second-order valence-corrected chi connectivity index (χ2v) is 3.49. The maximum atomic E-state index is 4.97. The second kappa shape index (κ2) is 2.91. The highest BCUT2D eigenvalue weighted by molar-refractivity contribution is 14.1. The van der Waals surface area contributed by atoms with Crippen LogP contribution in [0.3, 0.4) is 0 Å². The van der Waals surface area contributed by atoms with Crippen molar-refractivity contribution in [3.05, 3.63) is 21.8 Å². The largest absolute Gasteiger partial charge is 0.387 e. The van der Waals surface area contributed by atoms with Crippen LogP contribution in [-0.4, -0.2) is 5.16 Å². The fourth-order valence-corrected chi connectivity index (χ4v) is 1.44. The van der Waals surface area contributed by atoms with E-state index in [1.165, 1.54) is 0 Å². The highest BCUT2D eigenvalue weighted by Gasteiger charge is 2.07. The van der Waals surface area contributed by atoms with E-state index in [0.717, 1.165) is 8.96 Å². The van der Waals surface area contributed by atoms with Crippen LogP contribution in [0.25, 0.3) is 11.0 Å². The fraction of sp³-hybridized carbons (Fsp3) is 0. The summed E-state index contributed by atoms with van der Waals surface area (Å²) >= 11 is 2.19. The van der Waals surface area contributed by atoms with Crippen molar-refractivity contribution in [2.45, 2.75) is 0 Å². The predicted octanol–water partition coefficient (Wildman–Crippen LogP) is 1.68. The molecule has 2 N–H and O–H groups in total. The molecule has 0 saturated heterocycles. The lowest BCUT2D eigenvalue weighted by atomic mass is 10.3. The Kier molecular flexibility index (Phi) is 1.89. The molecule has 2 aromatic rings. The standard InChI is InChI=1S/C7H5IN2O2/c8-4-1-2-5-6(3-4)12-10-7(5)11-9/h1-3H,9H2. The molecule has 0 aliphatic carbocycles. The Morgan fingerprint density at radius 3 is 3.08 bits per heavy atom. The summed E-state index contributed by atoms with van der Waals surface area (Å²) in [5.41, 5.74) is 0.683. The average Bonchev–Trinajstić information content (AvgIpc) is 2.46. The van der Waals surface area contributed by atoms with Crippen molar-refractivity contribution in [1.82, 2.24) is 5.16 Å². The number of benzene rings is 1. The molecule has 2 rings (SSSR count). The first kappa shape index (κ1) is 7.81. The number of halogens is 1. The summed E-state index contributed by atoms with van der Waals surface area (Å²) in [6.07, 6.45) is 0. The normalized spacial score (nSPS) is 10.5. The van der Waals surface area contributed by atoms with E-state index in [4.69, 9.17) is 10.4 Å². The van der Waals surface area contributed by atoms with Crippen molar-refractivity contribution in [3.63, 3.8) is 0 Å². The topological polar surface area (TPSA) is 61.3 Å². The van der Waals surface area contributed by atoms with Crippen LogP contribution in [0.15, 0.2) is 22.7 Å². The number of aromatic nitrogens is 1. The molecular formula is C7H5IN2O2. The van der Waals surface area contributed by atoms with Gasteiger partial charge in [-0.3, -0.25) is 0 Å². The lowest BCUT2D eigenvalue weighted by Gasteiger charge is -1.90. The maximum absolute atomic E-state index is 4.97. The Balaban J connectivity index is 2.73. The lowest BCUT2D eigenvalue weighted by molar-refractivity contribution is 0.296. The Morgan fingerprint density at radius 1 is 1.50 bits per heavy atom. The van der Waals surface area contributed by atoms with Gasteiger partial charge in [0.15, 0.2) is 5.58 Å². The Labute approximate surface area is 81.7 Å². The number of fused-ring (bicyclic) bond motifs is 1. The van der Waals surface area contributed by atoms with Gasteiger partial charge in [0.05, 0.1) is 5.39 Å². The van der Waals surface area contributed by atoms with Crippen molar-refractivity contribution in [2.75, 3.05) is 0 Å². The Bertz CT molecular complexity index is 413. The lowest BCUT2D eigenvalue weighted by Crippen LogP contribution is -2.01. The van der Waals surface area contributed by atoms with Gasteiger partial charge >= 0.3 is 0 Å². The summed E-state index contributed by atoms with van der Waals surface area (Å²) < 4.78 is 6.04. The van der Waals surface area contributed by atoms with Gasteiger partial charge in [-0.2, -0.15) is 5.90 Å². The molecule has 0 spiro atoms. The zero-order valence-electron chi connectivity index (χ0n) is 5.95. The monoisotopic (exact) mass is 276 g/mol. The molecule has 0 fully saturated rings. The summed E-state index contributed by atoms with van der Waals surface area (Å²) in [5, 5.41) is 4.42. The second-order valence-electron chi connectivity index (χ2n) is 2.25. The Morgan fingerprint density at radius 2 is 2.33 bits per heavy atom. The third kappa shape index (κ3) is 1.14. The molecule has 12 heavy (non-hydrogen) atoms. The molecule has 4 nitrogen and oxygen atoms in total. The smallest absolute Gasteiger partial charge is 0.284 e. The van der Waals surface area contributed by atoms with Crippen LogP contribution < -0.4 is 10.7 Å². The highest BCUT2D eigenvalue weighted by atomic mass is 127. The third-order valence-electron chi connectivity index (χ3n) is 1.51. The van der Waals surface area contributed by atoms with E-state index in [9.17, 15) is 0 Å². The van der Waals surface area contributed by atoms with Gasteiger partial charge in [-0.15, -0.1) is 0 Å². The van der Waals surface area contributed by atoms with Gasteiger partial charge in [0, 0.05) is 3.57 Å². The first-order chi connectivity index (χ1) is 5.81. The van der Waals surface area contributed by atoms with Crippen molar-refractivity contribution in [3.8, 4) is 5.88 Å². The van der Waals surface area contributed by atoms with Crippen LogP contribution in [0.5, 0.6) is 5.88 Å². The van der Waals surface area contributed by atoms with E-state index in [2.05, 4.69) is 32.6 Å². The number of hydrogen-bond donors (Lipinski definition) is 1. The summed E-state index contributed by atoms with van der Waals surface area (Å²) in [4.78, 5) is 4.50. The molecule has 0 bridgehead atoms. The molecule has 0 aliphatic rings. The number of nitrogens with zero attached hydrogens (tertiary/aromatic N) is 1.